The monoisotopic (exact) mass is 139 g/mol. The maximum atomic E-state index is 10.8. The Morgan fingerprint density at radius 1 is 1.40 bits per heavy atom. The van der Waals surface area contributed by atoms with Crippen molar-refractivity contribution < 1.29 is 4.79 Å². The molecule has 2 saturated carbocycles. The minimum atomic E-state index is -0.0639. The van der Waals surface area contributed by atoms with Crippen LogP contribution in [0.5, 0.6) is 0 Å². The van der Waals surface area contributed by atoms with E-state index in [-0.39, 0.29) is 11.8 Å². The quantitative estimate of drug-likeness (QED) is 0.579. The molecule has 56 valence electrons. The molecule has 1 spiro atoms. The van der Waals surface area contributed by atoms with Crippen LogP contribution >= 0.6 is 0 Å². The highest BCUT2D eigenvalue weighted by molar-refractivity contribution is 5.78. The molecule has 2 rings (SSSR count). The average Bonchev–Trinajstić information content (AvgIpc) is 1.53. The SMILES string of the molecule is NC(=O)C1CCC12CCC2. The van der Waals surface area contributed by atoms with Gasteiger partial charge >= 0.3 is 0 Å². The van der Waals surface area contributed by atoms with E-state index in [1.165, 1.54) is 25.7 Å². The van der Waals surface area contributed by atoms with Crippen LogP contribution in [-0.2, 0) is 4.79 Å². The summed E-state index contributed by atoms with van der Waals surface area (Å²) in [5.74, 6) is 0.173. The number of amides is 1. The molecule has 1 amide bonds. The average molecular weight is 139 g/mol. The third-order valence-electron chi connectivity index (χ3n) is 3.36. The molecule has 0 aromatic carbocycles. The summed E-state index contributed by atoms with van der Waals surface area (Å²) in [4.78, 5) is 10.8. The van der Waals surface area contributed by atoms with E-state index in [0.717, 1.165) is 6.42 Å². The molecule has 0 saturated heterocycles. The number of nitrogens with two attached hydrogens (primary N) is 1. The van der Waals surface area contributed by atoms with E-state index in [1.807, 2.05) is 0 Å². The summed E-state index contributed by atoms with van der Waals surface area (Å²) in [6.07, 6.45) is 6.11. The first-order valence-electron chi connectivity index (χ1n) is 4.04. The van der Waals surface area contributed by atoms with Crippen LogP contribution in [0, 0.1) is 11.3 Å². The second kappa shape index (κ2) is 1.74. The van der Waals surface area contributed by atoms with Gasteiger partial charge in [0.25, 0.3) is 0 Å². The van der Waals surface area contributed by atoms with Gasteiger partial charge < -0.3 is 5.73 Å². The number of rotatable bonds is 1. The Balaban J connectivity index is 2.05. The lowest BCUT2D eigenvalue weighted by Gasteiger charge is -2.54. The van der Waals surface area contributed by atoms with Crippen LogP contribution in [0.3, 0.4) is 0 Å². The Morgan fingerprint density at radius 2 is 2.10 bits per heavy atom. The fourth-order valence-corrected chi connectivity index (χ4v) is 2.37. The summed E-state index contributed by atoms with van der Waals surface area (Å²) in [6, 6.07) is 0. The van der Waals surface area contributed by atoms with Gasteiger partial charge in [-0.25, -0.2) is 0 Å². The molecule has 0 aliphatic heterocycles. The predicted octanol–water partition coefficient (Wildman–Crippen LogP) is 1.05. The van der Waals surface area contributed by atoms with Crippen LogP contribution in [0.15, 0.2) is 0 Å². The largest absolute Gasteiger partial charge is 0.369 e. The molecule has 10 heavy (non-hydrogen) atoms. The number of carbonyl (C=O) groups excluding carboxylic acids is 1. The minimum Gasteiger partial charge on any atom is -0.369 e. The molecule has 0 aromatic rings. The third kappa shape index (κ3) is 0.568. The van der Waals surface area contributed by atoms with Crippen LogP contribution < -0.4 is 5.73 Å². The van der Waals surface area contributed by atoms with Gasteiger partial charge in [-0.1, -0.05) is 6.42 Å². The molecule has 0 aromatic heterocycles. The van der Waals surface area contributed by atoms with Crippen molar-refractivity contribution in [3.05, 3.63) is 0 Å². The van der Waals surface area contributed by atoms with E-state index < -0.39 is 0 Å². The van der Waals surface area contributed by atoms with E-state index in [1.54, 1.807) is 0 Å². The third-order valence-corrected chi connectivity index (χ3v) is 3.36. The molecule has 2 nitrogen and oxygen atoms in total. The summed E-state index contributed by atoms with van der Waals surface area (Å²) in [5, 5.41) is 0. The Hall–Kier alpha value is -0.530. The van der Waals surface area contributed by atoms with E-state index in [9.17, 15) is 4.79 Å². The van der Waals surface area contributed by atoms with Gasteiger partial charge in [0, 0.05) is 5.92 Å². The van der Waals surface area contributed by atoms with Crippen molar-refractivity contribution in [2.75, 3.05) is 0 Å². The van der Waals surface area contributed by atoms with E-state index in [4.69, 9.17) is 5.73 Å². The molecule has 0 radical (unpaired) electrons. The predicted molar refractivity (Wildman–Crippen MR) is 38.2 cm³/mol. The normalized spacial score (nSPS) is 34.6. The van der Waals surface area contributed by atoms with Gasteiger partial charge in [-0.3, -0.25) is 4.79 Å². The summed E-state index contributed by atoms with van der Waals surface area (Å²) in [7, 11) is 0. The number of carbonyl (C=O) groups is 1. The molecular weight excluding hydrogens is 126 g/mol. The lowest BCUT2D eigenvalue weighted by atomic mass is 9.50. The Kier molecular flexibility index (Phi) is 1.08. The highest BCUT2D eigenvalue weighted by Gasteiger charge is 2.52. The highest BCUT2D eigenvalue weighted by Crippen LogP contribution is 2.59. The van der Waals surface area contributed by atoms with Crippen molar-refractivity contribution in [2.45, 2.75) is 32.1 Å². The van der Waals surface area contributed by atoms with E-state index in [2.05, 4.69) is 0 Å². The number of hydrogen-bond donors (Lipinski definition) is 1. The number of primary amides is 1. The van der Waals surface area contributed by atoms with Gasteiger partial charge in [0.2, 0.25) is 5.91 Å². The topological polar surface area (TPSA) is 43.1 Å². The molecule has 1 unspecified atom stereocenters. The zero-order valence-electron chi connectivity index (χ0n) is 6.10. The lowest BCUT2D eigenvalue weighted by Crippen LogP contribution is -2.51. The van der Waals surface area contributed by atoms with Crippen LogP contribution in [0.25, 0.3) is 0 Å². The Bertz CT molecular complexity index is 167. The highest BCUT2D eigenvalue weighted by atomic mass is 16.1. The minimum absolute atomic E-state index is 0.0639. The van der Waals surface area contributed by atoms with Crippen LogP contribution in [0.2, 0.25) is 0 Å². The smallest absolute Gasteiger partial charge is 0.221 e. The zero-order chi connectivity index (χ0) is 7.19. The summed E-state index contributed by atoms with van der Waals surface area (Å²) in [6.45, 7) is 0. The fourth-order valence-electron chi connectivity index (χ4n) is 2.37. The van der Waals surface area contributed by atoms with Crippen molar-refractivity contribution in [1.29, 1.82) is 0 Å². The van der Waals surface area contributed by atoms with Crippen LogP contribution in [0.4, 0.5) is 0 Å². The van der Waals surface area contributed by atoms with Crippen LogP contribution in [0.1, 0.15) is 32.1 Å². The maximum absolute atomic E-state index is 10.8. The molecule has 2 N–H and O–H groups in total. The molecule has 0 heterocycles. The van der Waals surface area contributed by atoms with Crippen molar-refractivity contribution in [3.8, 4) is 0 Å². The first kappa shape index (κ1) is 6.20. The van der Waals surface area contributed by atoms with Gasteiger partial charge in [-0.05, 0) is 31.1 Å². The second-order valence-corrected chi connectivity index (χ2v) is 3.71. The standard InChI is InChI=1S/C8H13NO/c9-7(10)6-2-5-8(6)3-1-4-8/h6H,1-5H2,(H2,9,10). The summed E-state index contributed by atoms with van der Waals surface area (Å²) >= 11 is 0. The lowest BCUT2D eigenvalue weighted by molar-refractivity contribution is -0.139. The van der Waals surface area contributed by atoms with Gasteiger partial charge in [-0.15, -0.1) is 0 Å². The summed E-state index contributed by atoms with van der Waals surface area (Å²) in [5.41, 5.74) is 5.65. The molecule has 2 aliphatic carbocycles. The first-order valence-corrected chi connectivity index (χ1v) is 4.04. The van der Waals surface area contributed by atoms with Gasteiger partial charge in [0.15, 0.2) is 0 Å². The molecule has 0 bridgehead atoms. The van der Waals surface area contributed by atoms with Gasteiger partial charge in [0.1, 0.15) is 0 Å². The molecule has 1 atom stereocenters. The van der Waals surface area contributed by atoms with E-state index in [0.29, 0.717) is 5.41 Å². The molecule has 2 heteroatoms. The molecular formula is C8H13NO. The number of hydrogen-bond acceptors (Lipinski definition) is 1. The Labute approximate surface area is 60.8 Å². The van der Waals surface area contributed by atoms with Crippen LogP contribution in [-0.4, -0.2) is 5.91 Å². The van der Waals surface area contributed by atoms with Gasteiger partial charge in [0.05, 0.1) is 0 Å². The molecule has 2 fully saturated rings. The Morgan fingerprint density at radius 3 is 2.20 bits per heavy atom. The van der Waals surface area contributed by atoms with Crippen molar-refractivity contribution in [2.24, 2.45) is 17.1 Å². The second-order valence-electron chi connectivity index (χ2n) is 3.71. The maximum Gasteiger partial charge on any atom is 0.221 e. The summed E-state index contributed by atoms with van der Waals surface area (Å²) < 4.78 is 0. The van der Waals surface area contributed by atoms with Crippen molar-refractivity contribution in [3.63, 3.8) is 0 Å². The first-order chi connectivity index (χ1) is 4.75. The van der Waals surface area contributed by atoms with Gasteiger partial charge in [-0.2, -0.15) is 0 Å². The van der Waals surface area contributed by atoms with E-state index >= 15 is 0 Å². The fraction of sp³-hybridized carbons (Fsp3) is 0.875. The van der Waals surface area contributed by atoms with Crippen molar-refractivity contribution >= 4 is 5.91 Å². The zero-order valence-corrected chi connectivity index (χ0v) is 6.10. The molecule has 2 aliphatic rings. The van der Waals surface area contributed by atoms with Crippen molar-refractivity contribution in [1.82, 2.24) is 0 Å².